The van der Waals surface area contributed by atoms with Crippen LogP contribution in [0.2, 0.25) is 0 Å². The molecule has 0 radical (unpaired) electrons. The highest BCUT2D eigenvalue weighted by Crippen LogP contribution is 2.29. The van der Waals surface area contributed by atoms with Crippen LogP contribution < -0.4 is 9.47 Å². The summed E-state index contributed by atoms with van der Waals surface area (Å²) in [4.78, 5) is 17.3. The Bertz CT molecular complexity index is 827. The van der Waals surface area contributed by atoms with Crippen LogP contribution in [0, 0.1) is 0 Å². The Labute approximate surface area is 187 Å². The summed E-state index contributed by atoms with van der Waals surface area (Å²) in [5, 5.41) is 0. The van der Waals surface area contributed by atoms with E-state index in [2.05, 4.69) is 37.8 Å². The predicted molar refractivity (Wildman–Crippen MR) is 125 cm³/mol. The van der Waals surface area contributed by atoms with Crippen molar-refractivity contribution >= 4 is 5.91 Å². The number of rotatable bonds is 9. The highest BCUT2D eigenvalue weighted by atomic mass is 16.5. The summed E-state index contributed by atoms with van der Waals surface area (Å²) in [5.41, 5.74) is 2.00. The quantitative estimate of drug-likeness (QED) is 0.568. The van der Waals surface area contributed by atoms with Gasteiger partial charge in [0.1, 0.15) is 6.10 Å². The monoisotopic (exact) mass is 424 g/mol. The van der Waals surface area contributed by atoms with E-state index in [0.29, 0.717) is 25.7 Å². The zero-order chi connectivity index (χ0) is 22.2. The maximum atomic E-state index is 13.0. The summed E-state index contributed by atoms with van der Waals surface area (Å²) in [6.45, 7) is 12.5. The Balaban J connectivity index is 1.53. The van der Waals surface area contributed by atoms with Crippen molar-refractivity contribution < 1.29 is 14.3 Å². The van der Waals surface area contributed by atoms with Crippen LogP contribution in [0.4, 0.5) is 0 Å². The maximum absolute atomic E-state index is 13.0. The first kappa shape index (κ1) is 23.1. The smallest absolute Gasteiger partial charge is 0.253 e. The van der Waals surface area contributed by atoms with Gasteiger partial charge in [-0.05, 0) is 57.1 Å². The lowest BCUT2D eigenvalue weighted by molar-refractivity contribution is 0.0589. The van der Waals surface area contributed by atoms with Crippen LogP contribution in [0.5, 0.6) is 11.5 Å². The fraction of sp³-hybridized carbons (Fsp3) is 0.500. The molecule has 0 aromatic heterocycles. The molecule has 3 rings (SSSR count). The van der Waals surface area contributed by atoms with Gasteiger partial charge in [-0.25, -0.2) is 0 Å². The van der Waals surface area contributed by atoms with Gasteiger partial charge in [0.25, 0.3) is 5.91 Å². The van der Waals surface area contributed by atoms with Gasteiger partial charge in [0, 0.05) is 44.1 Å². The molecular formula is C26H36N2O3. The van der Waals surface area contributed by atoms with E-state index < -0.39 is 0 Å². The standard InChI is InChI=1S/C26H36N2O3/c1-5-27(20(3)4)19-21-11-13-22(14-12-21)26(29)28-17-15-23(16-18-28)31-25-10-8-7-9-24(25)30-6-2/h7-14,20,23H,5-6,15-19H2,1-4H3. The number of benzene rings is 2. The minimum atomic E-state index is 0.101. The molecule has 1 heterocycles. The Hall–Kier alpha value is -2.53. The molecule has 1 amide bonds. The number of ether oxygens (including phenoxy) is 2. The van der Waals surface area contributed by atoms with Crippen LogP contribution in [0.1, 0.15) is 56.5 Å². The van der Waals surface area contributed by atoms with Crippen molar-refractivity contribution in [1.82, 2.24) is 9.80 Å². The molecule has 0 N–H and O–H groups in total. The summed E-state index contributed by atoms with van der Waals surface area (Å²) < 4.78 is 11.8. The van der Waals surface area contributed by atoms with E-state index >= 15 is 0 Å². The van der Waals surface area contributed by atoms with E-state index in [-0.39, 0.29) is 12.0 Å². The van der Waals surface area contributed by atoms with Crippen molar-refractivity contribution in [2.45, 2.75) is 59.2 Å². The molecule has 1 aliphatic heterocycles. The topological polar surface area (TPSA) is 42.0 Å². The summed E-state index contributed by atoms with van der Waals surface area (Å²) >= 11 is 0. The molecule has 168 valence electrons. The van der Waals surface area contributed by atoms with Crippen LogP contribution in [0.3, 0.4) is 0 Å². The largest absolute Gasteiger partial charge is 0.490 e. The number of para-hydroxylation sites is 2. The van der Waals surface area contributed by atoms with Gasteiger partial charge in [-0.2, -0.15) is 0 Å². The molecule has 0 aliphatic carbocycles. The van der Waals surface area contributed by atoms with E-state index in [1.807, 2.05) is 48.2 Å². The molecular weight excluding hydrogens is 388 g/mol. The SMILES string of the molecule is CCOc1ccccc1OC1CCN(C(=O)c2ccc(CN(CC)C(C)C)cc2)CC1. The Kier molecular flexibility index (Phi) is 8.35. The normalized spacial score (nSPS) is 14.8. The van der Waals surface area contributed by atoms with Crippen LogP contribution in [0.15, 0.2) is 48.5 Å². The van der Waals surface area contributed by atoms with E-state index in [1.165, 1.54) is 5.56 Å². The Morgan fingerprint density at radius 2 is 1.68 bits per heavy atom. The predicted octanol–water partition coefficient (Wildman–Crippen LogP) is 5.00. The fourth-order valence-corrected chi connectivity index (χ4v) is 4.01. The first-order valence-corrected chi connectivity index (χ1v) is 11.5. The maximum Gasteiger partial charge on any atom is 0.253 e. The molecule has 0 unspecified atom stereocenters. The highest BCUT2D eigenvalue weighted by Gasteiger charge is 2.25. The summed E-state index contributed by atoms with van der Waals surface area (Å²) in [6.07, 6.45) is 1.75. The number of carbonyl (C=O) groups is 1. The summed E-state index contributed by atoms with van der Waals surface area (Å²) in [5.74, 6) is 1.67. The van der Waals surface area contributed by atoms with Gasteiger partial charge in [-0.1, -0.05) is 31.2 Å². The molecule has 2 aromatic rings. The average Bonchev–Trinajstić information content (AvgIpc) is 2.79. The van der Waals surface area contributed by atoms with Crippen molar-refractivity contribution in [3.8, 4) is 11.5 Å². The number of hydrogen-bond donors (Lipinski definition) is 0. The van der Waals surface area contributed by atoms with Crippen molar-refractivity contribution in [2.24, 2.45) is 0 Å². The Morgan fingerprint density at radius 1 is 1.03 bits per heavy atom. The van der Waals surface area contributed by atoms with Crippen molar-refractivity contribution in [3.63, 3.8) is 0 Å². The number of piperidine rings is 1. The molecule has 0 spiro atoms. The lowest BCUT2D eigenvalue weighted by atomic mass is 10.0. The van der Waals surface area contributed by atoms with Gasteiger partial charge in [0.05, 0.1) is 6.61 Å². The number of hydrogen-bond acceptors (Lipinski definition) is 4. The van der Waals surface area contributed by atoms with E-state index in [4.69, 9.17) is 9.47 Å². The van der Waals surface area contributed by atoms with Gasteiger partial charge < -0.3 is 14.4 Å². The van der Waals surface area contributed by atoms with Crippen molar-refractivity contribution in [3.05, 3.63) is 59.7 Å². The van der Waals surface area contributed by atoms with Crippen LogP contribution >= 0.6 is 0 Å². The van der Waals surface area contributed by atoms with Crippen molar-refractivity contribution in [2.75, 3.05) is 26.2 Å². The van der Waals surface area contributed by atoms with Crippen LogP contribution in [-0.4, -0.2) is 54.1 Å². The van der Waals surface area contributed by atoms with Gasteiger partial charge in [-0.3, -0.25) is 9.69 Å². The van der Waals surface area contributed by atoms with Crippen LogP contribution in [0.25, 0.3) is 0 Å². The minimum Gasteiger partial charge on any atom is -0.490 e. The van der Waals surface area contributed by atoms with Gasteiger partial charge in [0.2, 0.25) is 0 Å². The Morgan fingerprint density at radius 3 is 2.26 bits per heavy atom. The first-order chi connectivity index (χ1) is 15.0. The van der Waals surface area contributed by atoms with Gasteiger partial charge >= 0.3 is 0 Å². The third-order valence-corrected chi connectivity index (χ3v) is 5.89. The van der Waals surface area contributed by atoms with E-state index in [9.17, 15) is 4.79 Å². The summed E-state index contributed by atoms with van der Waals surface area (Å²) in [6, 6.07) is 16.4. The molecule has 5 heteroatoms. The zero-order valence-electron chi connectivity index (χ0n) is 19.3. The minimum absolute atomic E-state index is 0.101. The molecule has 5 nitrogen and oxygen atoms in total. The second-order valence-corrected chi connectivity index (χ2v) is 8.34. The number of carbonyl (C=O) groups excluding carboxylic acids is 1. The zero-order valence-corrected chi connectivity index (χ0v) is 19.3. The summed E-state index contributed by atoms with van der Waals surface area (Å²) in [7, 11) is 0. The molecule has 0 bridgehead atoms. The van der Waals surface area contributed by atoms with Crippen molar-refractivity contribution in [1.29, 1.82) is 0 Å². The molecule has 1 fully saturated rings. The van der Waals surface area contributed by atoms with E-state index in [0.717, 1.165) is 43.0 Å². The second kappa shape index (κ2) is 11.2. The molecule has 2 aromatic carbocycles. The lowest BCUT2D eigenvalue weighted by Gasteiger charge is -2.32. The third-order valence-electron chi connectivity index (χ3n) is 5.89. The third kappa shape index (κ3) is 6.23. The fourth-order valence-electron chi connectivity index (χ4n) is 4.01. The highest BCUT2D eigenvalue weighted by molar-refractivity contribution is 5.94. The molecule has 31 heavy (non-hydrogen) atoms. The van der Waals surface area contributed by atoms with Crippen LogP contribution in [-0.2, 0) is 6.54 Å². The van der Waals surface area contributed by atoms with Gasteiger partial charge in [-0.15, -0.1) is 0 Å². The number of likely N-dealkylation sites (tertiary alicyclic amines) is 1. The van der Waals surface area contributed by atoms with E-state index in [1.54, 1.807) is 0 Å². The average molecular weight is 425 g/mol. The number of amides is 1. The molecule has 0 atom stereocenters. The van der Waals surface area contributed by atoms with Gasteiger partial charge in [0.15, 0.2) is 11.5 Å². The second-order valence-electron chi connectivity index (χ2n) is 8.34. The molecule has 1 saturated heterocycles. The number of nitrogens with zero attached hydrogens (tertiary/aromatic N) is 2. The molecule has 1 aliphatic rings. The first-order valence-electron chi connectivity index (χ1n) is 11.5. The lowest BCUT2D eigenvalue weighted by Crippen LogP contribution is -2.41. The molecule has 0 saturated carbocycles.